The molecule has 0 unspecified atom stereocenters. The molecule has 29 heavy (non-hydrogen) atoms. The van der Waals surface area contributed by atoms with Gasteiger partial charge in [0.1, 0.15) is 12.1 Å². The summed E-state index contributed by atoms with van der Waals surface area (Å²) >= 11 is 0. The first-order valence-corrected chi connectivity index (χ1v) is 8.87. The summed E-state index contributed by atoms with van der Waals surface area (Å²) in [5, 5.41) is 4.32. The van der Waals surface area contributed by atoms with Gasteiger partial charge in [0.15, 0.2) is 5.82 Å². The molecular weight excluding hydrogens is 381 g/mol. The number of ether oxygens (including phenoxy) is 1. The third-order valence-corrected chi connectivity index (χ3v) is 4.15. The summed E-state index contributed by atoms with van der Waals surface area (Å²) in [5.74, 6) is 0.175. The molecule has 0 fully saturated rings. The van der Waals surface area contributed by atoms with Crippen LogP contribution in [-0.4, -0.2) is 21.1 Å². The molecule has 0 atom stereocenters. The number of nitrogen functional groups attached to an aromatic ring is 1. The van der Waals surface area contributed by atoms with Crippen LogP contribution in [0.15, 0.2) is 48.8 Å². The second kappa shape index (κ2) is 7.62. The molecular formula is C21H21F3N4O. The first-order chi connectivity index (χ1) is 13.5. The van der Waals surface area contributed by atoms with Crippen LogP contribution < -0.4 is 10.5 Å². The molecule has 2 N–H and O–H groups in total. The Bertz CT molecular complexity index is 1020. The van der Waals surface area contributed by atoms with Gasteiger partial charge in [-0.25, -0.2) is 9.67 Å². The number of aromatic nitrogens is 3. The lowest BCUT2D eigenvalue weighted by Crippen LogP contribution is -2.17. The van der Waals surface area contributed by atoms with E-state index in [1.165, 1.54) is 35.3 Å². The quantitative estimate of drug-likeness (QED) is 0.608. The number of anilines is 1. The molecule has 1 heterocycles. The van der Waals surface area contributed by atoms with Crippen molar-refractivity contribution in [1.29, 1.82) is 0 Å². The molecule has 152 valence electrons. The lowest BCUT2D eigenvalue weighted by atomic mass is 9.85. The summed E-state index contributed by atoms with van der Waals surface area (Å²) in [6, 6.07) is 11.2. The van der Waals surface area contributed by atoms with Crippen molar-refractivity contribution in [2.75, 3.05) is 5.73 Å². The first-order valence-electron chi connectivity index (χ1n) is 8.87. The summed E-state index contributed by atoms with van der Waals surface area (Å²) in [6.07, 6.45) is 0.411. The number of halogens is 3. The minimum absolute atomic E-state index is 0.0737. The summed E-state index contributed by atoms with van der Waals surface area (Å²) in [4.78, 5) is 4.21. The topological polar surface area (TPSA) is 66.0 Å². The summed E-state index contributed by atoms with van der Waals surface area (Å²) in [6.45, 7) is 6.29. The Labute approximate surface area is 166 Å². The molecule has 0 bridgehead atoms. The van der Waals surface area contributed by atoms with Crippen LogP contribution in [0.3, 0.4) is 0 Å². The van der Waals surface area contributed by atoms with Gasteiger partial charge in [-0.1, -0.05) is 32.9 Å². The van der Waals surface area contributed by atoms with E-state index < -0.39 is 6.36 Å². The molecule has 0 aliphatic rings. The SMILES string of the molecule is CC(C)(C)c1cc(/C=C/c2ncn(-c3ccc(OC(F)(F)F)cc3)n2)ccc1N. The van der Waals surface area contributed by atoms with Crippen molar-refractivity contribution in [3.05, 3.63) is 65.7 Å². The minimum Gasteiger partial charge on any atom is -0.406 e. The Morgan fingerprint density at radius 3 is 2.31 bits per heavy atom. The lowest BCUT2D eigenvalue weighted by Gasteiger charge is -2.21. The van der Waals surface area contributed by atoms with E-state index in [1.807, 2.05) is 24.3 Å². The van der Waals surface area contributed by atoms with Gasteiger partial charge in [0, 0.05) is 5.69 Å². The van der Waals surface area contributed by atoms with E-state index in [0.29, 0.717) is 11.5 Å². The zero-order valence-corrected chi connectivity index (χ0v) is 16.2. The van der Waals surface area contributed by atoms with Crippen molar-refractivity contribution in [2.45, 2.75) is 32.5 Å². The van der Waals surface area contributed by atoms with Crippen molar-refractivity contribution < 1.29 is 17.9 Å². The summed E-state index contributed by atoms with van der Waals surface area (Å²) in [7, 11) is 0. The third-order valence-electron chi connectivity index (χ3n) is 4.15. The number of rotatable bonds is 4. The predicted octanol–water partition coefficient (Wildman–Crippen LogP) is 5.22. The largest absolute Gasteiger partial charge is 0.573 e. The molecule has 5 nitrogen and oxygen atoms in total. The van der Waals surface area contributed by atoms with Crippen LogP contribution in [0.5, 0.6) is 5.75 Å². The highest BCUT2D eigenvalue weighted by molar-refractivity contribution is 5.69. The third kappa shape index (κ3) is 5.37. The van der Waals surface area contributed by atoms with Gasteiger partial charge in [-0.2, -0.15) is 0 Å². The van der Waals surface area contributed by atoms with Crippen LogP contribution in [0.2, 0.25) is 0 Å². The van der Waals surface area contributed by atoms with E-state index in [2.05, 4.69) is 35.6 Å². The van der Waals surface area contributed by atoms with Gasteiger partial charge in [0.25, 0.3) is 0 Å². The Morgan fingerprint density at radius 2 is 1.69 bits per heavy atom. The fourth-order valence-electron chi connectivity index (χ4n) is 2.78. The van der Waals surface area contributed by atoms with Crippen LogP contribution in [0.4, 0.5) is 18.9 Å². The molecule has 0 saturated heterocycles. The van der Waals surface area contributed by atoms with Gasteiger partial charge in [0.2, 0.25) is 0 Å². The molecule has 0 spiro atoms. The Kier molecular flexibility index (Phi) is 5.37. The highest BCUT2D eigenvalue weighted by Crippen LogP contribution is 2.29. The molecule has 1 aromatic heterocycles. The van der Waals surface area contributed by atoms with E-state index in [1.54, 1.807) is 6.08 Å². The van der Waals surface area contributed by atoms with Gasteiger partial charge < -0.3 is 10.5 Å². The van der Waals surface area contributed by atoms with Crippen LogP contribution >= 0.6 is 0 Å². The highest BCUT2D eigenvalue weighted by atomic mass is 19.4. The fourth-order valence-corrected chi connectivity index (χ4v) is 2.78. The number of benzene rings is 2. The average Bonchev–Trinajstić information content (AvgIpc) is 3.08. The van der Waals surface area contributed by atoms with Crippen LogP contribution in [0.1, 0.15) is 37.7 Å². The molecule has 2 aromatic carbocycles. The standard InChI is InChI=1S/C21H21F3N4O/c1-20(2,3)17-12-14(4-10-18(17)25)5-11-19-26-13-28(27-19)15-6-8-16(9-7-15)29-21(22,23)24/h4-13H,25H2,1-3H3/b11-5+. The van der Waals surface area contributed by atoms with Crippen molar-refractivity contribution >= 4 is 17.8 Å². The highest BCUT2D eigenvalue weighted by Gasteiger charge is 2.31. The van der Waals surface area contributed by atoms with E-state index in [-0.39, 0.29) is 11.2 Å². The number of nitrogens with zero attached hydrogens (tertiary/aromatic N) is 3. The molecule has 3 rings (SSSR count). The Hall–Kier alpha value is -3.29. The molecule has 0 aliphatic carbocycles. The van der Waals surface area contributed by atoms with Gasteiger partial charge >= 0.3 is 6.36 Å². The molecule has 0 saturated carbocycles. The van der Waals surface area contributed by atoms with Crippen LogP contribution in [0, 0.1) is 0 Å². The second-order valence-corrected chi connectivity index (χ2v) is 7.52. The van der Waals surface area contributed by atoms with Crippen LogP contribution in [0.25, 0.3) is 17.8 Å². The predicted molar refractivity (Wildman–Crippen MR) is 107 cm³/mol. The average molecular weight is 402 g/mol. The zero-order chi connectivity index (χ0) is 21.2. The smallest absolute Gasteiger partial charge is 0.406 e. The van der Waals surface area contributed by atoms with Gasteiger partial charge in [-0.3, -0.25) is 0 Å². The monoisotopic (exact) mass is 402 g/mol. The second-order valence-electron chi connectivity index (χ2n) is 7.52. The van der Waals surface area contributed by atoms with Crippen molar-refractivity contribution in [2.24, 2.45) is 0 Å². The minimum atomic E-state index is -4.72. The summed E-state index contributed by atoms with van der Waals surface area (Å²) < 4.78 is 42.1. The number of hydrogen-bond acceptors (Lipinski definition) is 4. The summed E-state index contributed by atoms with van der Waals surface area (Å²) in [5.41, 5.74) is 9.33. The number of nitrogens with two attached hydrogens (primary N) is 1. The number of hydrogen-bond donors (Lipinski definition) is 1. The van der Waals surface area contributed by atoms with Crippen molar-refractivity contribution in [3.8, 4) is 11.4 Å². The normalized spacial score (nSPS) is 12.5. The van der Waals surface area contributed by atoms with E-state index in [0.717, 1.165) is 16.8 Å². The molecule has 0 radical (unpaired) electrons. The molecule has 3 aromatic rings. The fraction of sp³-hybridized carbons (Fsp3) is 0.238. The maximum absolute atomic E-state index is 12.2. The maximum atomic E-state index is 12.2. The Morgan fingerprint density at radius 1 is 1.00 bits per heavy atom. The molecule has 0 amide bonds. The maximum Gasteiger partial charge on any atom is 0.573 e. The van der Waals surface area contributed by atoms with E-state index in [9.17, 15) is 13.2 Å². The molecule has 0 aliphatic heterocycles. The van der Waals surface area contributed by atoms with E-state index in [4.69, 9.17) is 5.73 Å². The van der Waals surface area contributed by atoms with Gasteiger partial charge in [0.05, 0.1) is 5.69 Å². The van der Waals surface area contributed by atoms with Gasteiger partial charge in [-0.05, 0) is 59.0 Å². The van der Waals surface area contributed by atoms with Gasteiger partial charge in [-0.15, -0.1) is 18.3 Å². The first kappa shape index (κ1) is 20.4. The lowest BCUT2D eigenvalue weighted by molar-refractivity contribution is -0.274. The number of alkyl halides is 3. The molecule has 8 heteroatoms. The van der Waals surface area contributed by atoms with E-state index >= 15 is 0 Å². The van der Waals surface area contributed by atoms with Crippen molar-refractivity contribution in [3.63, 3.8) is 0 Å². The Balaban J connectivity index is 1.75. The zero-order valence-electron chi connectivity index (χ0n) is 16.2. The van der Waals surface area contributed by atoms with Crippen molar-refractivity contribution in [1.82, 2.24) is 14.8 Å². The van der Waals surface area contributed by atoms with Crippen LogP contribution in [-0.2, 0) is 5.41 Å².